The van der Waals surface area contributed by atoms with E-state index in [0.29, 0.717) is 12.0 Å². The number of nitrogens with one attached hydrogen (secondary N) is 1. The number of amides is 1. The molecule has 0 saturated heterocycles. The summed E-state index contributed by atoms with van der Waals surface area (Å²) in [6, 6.07) is 9.12. The molecule has 1 aromatic carbocycles. The van der Waals surface area contributed by atoms with Crippen LogP contribution in [0.4, 0.5) is 0 Å². The average Bonchev–Trinajstić information content (AvgIpc) is 2.30. The molecule has 1 rings (SSSR count). The van der Waals surface area contributed by atoms with Gasteiger partial charge in [-0.3, -0.25) is 4.79 Å². The Bertz CT molecular complexity index is 337. The van der Waals surface area contributed by atoms with E-state index in [1.807, 2.05) is 32.0 Å². The maximum Gasteiger partial charge on any atom is 0.251 e. The molecular weight excluding hydrogens is 202 g/mol. The van der Waals surface area contributed by atoms with Crippen LogP contribution in [0.3, 0.4) is 0 Å². The summed E-state index contributed by atoms with van der Waals surface area (Å²) < 4.78 is 0. The van der Waals surface area contributed by atoms with Gasteiger partial charge in [0.1, 0.15) is 0 Å². The Hall–Kier alpha value is -1.35. The molecule has 16 heavy (non-hydrogen) atoms. The molecular formula is C13H19NO2. The van der Waals surface area contributed by atoms with E-state index in [9.17, 15) is 4.79 Å². The van der Waals surface area contributed by atoms with E-state index in [2.05, 4.69) is 5.32 Å². The fraction of sp³-hybridized carbons (Fsp3) is 0.462. The van der Waals surface area contributed by atoms with Crippen molar-refractivity contribution in [3.05, 3.63) is 35.9 Å². The molecule has 0 bridgehead atoms. The lowest BCUT2D eigenvalue weighted by molar-refractivity contribution is 0.0886. The summed E-state index contributed by atoms with van der Waals surface area (Å²) in [5.74, 6) is -0.0848. The normalized spacial score (nSPS) is 14.2. The number of hydrogen-bond acceptors (Lipinski definition) is 2. The summed E-state index contributed by atoms with van der Waals surface area (Å²) in [7, 11) is 0. The number of hydrogen-bond donors (Lipinski definition) is 2. The van der Waals surface area contributed by atoms with Crippen LogP contribution in [0.1, 0.15) is 37.0 Å². The van der Waals surface area contributed by atoms with Crippen molar-refractivity contribution >= 4 is 5.91 Å². The van der Waals surface area contributed by atoms with Gasteiger partial charge < -0.3 is 10.4 Å². The van der Waals surface area contributed by atoms with Crippen molar-refractivity contribution < 1.29 is 9.90 Å². The van der Waals surface area contributed by atoms with Crippen molar-refractivity contribution in [2.24, 2.45) is 0 Å². The van der Waals surface area contributed by atoms with E-state index in [4.69, 9.17) is 5.11 Å². The smallest absolute Gasteiger partial charge is 0.251 e. The quantitative estimate of drug-likeness (QED) is 0.798. The molecule has 0 saturated carbocycles. The van der Waals surface area contributed by atoms with Gasteiger partial charge in [-0.15, -0.1) is 0 Å². The number of carbonyl (C=O) groups is 1. The highest BCUT2D eigenvalue weighted by Crippen LogP contribution is 2.14. The number of aliphatic hydroxyl groups is 1. The third kappa shape index (κ3) is 3.35. The van der Waals surface area contributed by atoms with Crippen molar-refractivity contribution in [2.75, 3.05) is 6.61 Å². The van der Waals surface area contributed by atoms with Gasteiger partial charge in [0.15, 0.2) is 0 Å². The highest BCUT2D eigenvalue weighted by atomic mass is 16.3. The minimum absolute atomic E-state index is 0.0827. The highest BCUT2D eigenvalue weighted by molar-refractivity contribution is 5.94. The zero-order valence-electron chi connectivity index (χ0n) is 9.86. The molecule has 1 amide bonds. The maximum atomic E-state index is 11.9. The van der Waals surface area contributed by atoms with Gasteiger partial charge >= 0.3 is 0 Å². The predicted octanol–water partition coefficient (Wildman–Crippen LogP) is 1.97. The van der Waals surface area contributed by atoms with Crippen molar-refractivity contribution in [3.63, 3.8) is 0 Å². The largest absolute Gasteiger partial charge is 0.396 e. The van der Waals surface area contributed by atoms with Gasteiger partial charge in [0.2, 0.25) is 0 Å². The van der Waals surface area contributed by atoms with E-state index in [-0.39, 0.29) is 18.1 Å². The number of rotatable bonds is 5. The van der Waals surface area contributed by atoms with Crippen LogP contribution in [0, 0.1) is 0 Å². The molecule has 0 aromatic heterocycles. The van der Waals surface area contributed by atoms with Crippen molar-refractivity contribution in [1.29, 1.82) is 0 Å². The summed E-state index contributed by atoms with van der Waals surface area (Å²) in [6.07, 6.45) is 1.37. The van der Waals surface area contributed by atoms with Gasteiger partial charge in [0.05, 0.1) is 0 Å². The predicted molar refractivity (Wildman–Crippen MR) is 64.3 cm³/mol. The summed E-state index contributed by atoms with van der Waals surface area (Å²) in [4.78, 5) is 11.9. The summed E-state index contributed by atoms with van der Waals surface area (Å²) in [5.41, 5.74) is 0.321. The van der Waals surface area contributed by atoms with E-state index < -0.39 is 0 Å². The molecule has 0 aliphatic heterocycles. The molecule has 0 aliphatic rings. The van der Waals surface area contributed by atoms with Gasteiger partial charge in [0.25, 0.3) is 5.91 Å². The Kier molecular flexibility index (Phi) is 4.50. The highest BCUT2D eigenvalue weighted by Gasteiger charge is 2.23. The first-order valence-corrected chi connectivity index (χ1v) is 5.60. The maximum absolute atomic E-state index is 11.9. The SMILES string of the molecule is CCC(C)(CCO)NC(=O)c1ccccc1. The first-order chi connectivity index (χ1) is 7.61. The fourth-order valence-corrected chi connectivity index (χ4v) is 1.51. The number of aliphatic hydroxyl groups excluding tert-OH is 1. The van der Waals surface area contributed by atoms with Gasteiger partial charge in [-0.1, -0.05) is 25.1 Å². The Morgan fingerprint density at radius 2 is 2.00 bits per heavy atom. The van der Waals surface area contributed by atoms with Gasteiger partial charge in [-0.25, -0.2) is 0 Å². The molecule has 3 nitrogen and oxygen atoms in total. The lowest BCUT2D eigenvalue weighted by Crippen LogP contribution is -2.46. The molecule has 0 radical (unpaired) electrons. The van der Waals surface area contributed by atoms with E-state index in [0.717, 1.165) is 6.42 Å². The van der Waals surface area contributed by atoms with Crippen LogP contribution in [-0.2, 0) is 0 Å². The van der Waals surface area contributed by atoms with Crippen LogP contribution in [0.5, 0.6) is 0 Å². The van der Waals surface area contributed by atoms with Crippen molar-refractivity contribution in [2.45, 2.75) is 32.2 Å². The zero-order chi connectivity index (χ0) is 12.0. The molecule has 1 aromatic rings. The molecule has 2 N–H and O–H groups in total. The van der Waals surface area contributed by atoms with E-state index in [1.165, 1.54) is 0 Å². The second kappa shape index (κ2) is 5.66. The minimum Gasteiger partial charge on any atom is -0.396 e. The first kappa shape index (κ1) is 12.7. The number of carbonyl (C=O) groups excluding carboxylic acids is 1. The van der Waals surface area contributed by atoms with Crippen LogP contribution in [0.15, 0.2) is 30.3 Å². The molecule has 3 heteroatoms. The van der Waals surface area contributed by atoms with Crippen molar-refractivity contribution in [1.82, 2.24) is 5.32 Å². The topological polar surface area (TPSA) is 49.3 Å². The van der Waals surface area contributed by atoms with Crippen LogP contribution in [0.2, 0.25) is 0 Å². The summed E-state index contributed by atoms with van der Waals surface area (Å²) in [6.45, 7) is 4.03. The van der Waals surface area contributed by atoms with Crippen LogP contribution >= 0.6 is 0 Å². The van der Waals surface area contributed by atoms with Crippen LogP contribution < -0.4 is 5.32 Å². The van der Waals surface area contributed by atoms with E-state index >= 15 is 0 Å². The lowest BCUT2D eigenvalue weighted by Gasteiger charge is -2.29. The van der Waals surface area contributed by atoms with Gasteiger partial charge in [-0.2, -0.15) is 0 Å². The summed E-state index contributed by atoms with van der Waals surface area (Å²) >= 11 is 0. The van der Waals surface area contributed by atoms with Crippen LogP contribution in [-0.4, -0.2) is 23.2 Å². The second-order valence-corrected chi connectivity index (χ2v) is 4.21. The standard InChI is InChI=1S/C13H19NO2/c1-3-13(2,9-10-15)14-12(16)11-7-5-4-6-8-11/h4-8,15H,3,9-10H2,1-2H3,(H,14,16). The van der Waals surface area contributed by atoms with Crippen LogP contribution in [0.25, 0.3) is 0 Å². The molecule has 0 spiro atoms. The Balaban J connectivity index is 2.70. The minimum atomic E-state index is -0.332. The third-order valence-corrected chi connectivity index (χ3v) is 2.90. The molecule has 88 valence electrons. The third-order valence-electron chi connectivity index (χ3n) is 2.90. The zero-order valence-corrected chi connectivity index (χ0v) is 9.86. The summed E-state index contributed by atoms with van der Waals surface area (Å²) in [5, 5.41) is 11.9. The fourth-order valence-electron chi connectivity index (χ4n) is 1.51. The van der Waals surface area contributed by atoms with Crippen molar-refractivity contribution in [3.8, 4) is 0 Å². The molecule has 0 aliphatic carbocycles. The number of benzene rings is 1. The molecule has 0 fully saturated rings. The lowest BCUT2D eigenvalue weighted by atomic mass is 9.94. The monoisotopic (exact) mass is 221 g/mol. The van der Waals surface area contributed by atoms with Gasteiger partial charge in [-0.05, 0) is 31.9 Å². The van der Waals surface area contributed by atoms with E-state index in [1.54, 1.807) is 12.1 Å². The molecule has 1 unspecified atom stereocenters. The first-order valence-electron chi connectivity index (χ1n) is 5.60. The average molecular weight is 221 g/mol. The molecule has 1 atom stereocenters. The Morgan fingerprint density at radius 1 is 1.38 bits per heavy atom. The second-order valence-electron chi connectivity index (χ2n) is 4.21. The Morgan fingerprint density at radius 3 is 2.50 bits per heavy atom. The molecule has 0 heterocycles. The van der Waals surface area contributed by atoms with Gasteiger partial charge in [0, 0.05) is 17.7 Å². The Labute approximate surface area is 96.5 Å².